The molecule has 1 heterocycles. The van der Waals surface area contributed by atoms with Crippen LogP contribution in [0.3, 0.4) is 0 Å². The van der Waals surface area contributed by atoms with Gasteiger partial charge in [-0.15, -0.1) is 0 Å². The molecule has 0 aromatic heterocycles. The van der Waals surface area contributed by atoms with Crippen LogP contribution in [0.1, 0.15) is 43.2 Å². The van der Waals surface area contributed by atoms with Gasteiger partial charge in [0.2, 0.25) is 0 Å². The van der Waals surface area contributed by atoms with Crippen molar-refractivity contribution in [2.24, 2.45) is 5.92 Å². The lowest BCUT2D eigenvalue weighted by Crippen LogP contribution is -2.17. The van der Waals surface area contributed by atoms with Crippen LogP contribution < -0.4 is 9.47 Å². The predicted molar refractivity (Wildman–Crippen MR) is 74.5 cm³/mol. The van der Waals surface area contributed by atoms with Crippen LogP contribution in [0.25, 0.3) is 0 Å². The number of fused-ring (bicyclic) bond motifs is 1. The summed E-state index contributed by atoms with van der Waals surface area (Å²) in [6.07, 6.45) is 3.36. The maximum atomic E-state index is 11.1. The van der Waals surface area contributed by atoms with E-state index in [0.717, 1.165) is 36.3 Å². The fourth-order valence-electron chi connectivity index (χ4n) is 3.02. The number of carboxylic acids is 1. The molecule has 1 saturated carbocycles. The van der Waals surface area contributed by atoms with Crippen LogP contribution in [-0.4, -0.2) is 24.3 Å². The maximum Gasteiger partial charge on any atom is 0.303 e. The van der Waals surface area contributed by atoms with E-state index in [9.17, 15) is 4.79 Å². The van der Waals surface area contributed by atoms with E-state index in [1.807, 2.05) is 12.1 Å². The summed E-state index contributed by atoms with van der Waals surface area (Å²) < 4.78 is 11.3. The van der Waals surface area contributed by atoms with E-state index in [1.165, 1.54) is 5.56 Å². The van der Waals surface area contributed by atoms with Crippen LogP contribution >= 0.6 is 0 Å². The molecule has 1 N–H and O–H groups in total. The van der Waals surface area contributed by atoms with Gasteiger partial charge in [-0.05, 0) is 54.4 Å². The molecule has 1 aromatic rings. The Morgan fingerprint density at radius 2 is 1.95 bits per heavy atom. The minimum absolute atomic E-state index is 0.110. The molecule has 1 aromatic carbocycles. The van der Waals surface area contributed by atoms with Crippen LogP contribution in [0.2, 0.25) is 0 Å². The molecule has 20 heavy (non-hydrogen) atoms. The zero-order valence-corrected chi connectivity index (χ0v) is 11.7. The first-order chi connectivity index (χ1) is 9.69. The molecular weight excluding hydrogens is 256 g/mol. The minimum atomic E-state index is -0.723. The topological polar surface area (TPSA) is 55.8 Å². The van der Waals surface area contributed by atoms with E-state index in [2.05, 4.69) is 6.92 Å². The van der Waals surface area contributed by atoms with Crippen LogP contribution in [0.4, 0.5) is 0 Å². The van der Waals surface area contributed by atoms with Gasteiger partial charge < -0.3 is 14.6 Å². The van der Waals surface area contributed by atoms with Gasteiger partial charge in [0.25, 0.3) is 0 Å². The first-order valence-corrected chi connectivity index (χ1v) is 7.33. The summed E-state index contributed by atoms with van der Waals surface area (Å²) in [5.74, 6) is 1.46. The molecule has 3 rings (SSSR count). The zero-order valence-electron chi connectivity index (χ0n) is 11.7. The second kappa shape index (κ2) is 5.35. The van der Waals surface area contributed by atoms with E-state index < -0.39 is 5.97 Å². The lowest BCUT2D eigenvalue weighted by Gasteiger charge is -2.24. The van der Waals surface area contributed by atoms with Crippen molar-refractivity contribution < 1.29 is 19.4 Å². The highest BCUT2D eigenvalue weighted by atomic mass is 16.6. The van der Waals surface area contributed by atoms with Gasteiger partial charge in [0, 0.05) is 0 Å². The fourth-order valence-corrected chi connectivity index (χ4v) is 3.02. The van der Waals surface area contributed by atoms with E-state index in [0.29, 0.717) is 19.1 Å². The maximum absolute atomic E-state index is 11.1. The van der Waals surface area contributed by atoms with E-state index >= 15 is 0 Å². The van der Waals surface area contributed by atoms with Gasteiger partial charge in [0.15, 0.2) is 11.5 Å². The van der Waals surface area contributed by atoms with Crippen molar-refractivity contribution in [1.29, 1.82) is 0 Å². The summed E-state index contributed by atoms with van der Waals surface area (Å²) >= 11 is 0. The van der Waals surface area contributed by atoms with Crippen molar-refractivity contribution in [2.45, 2.75) is 38.5 Å². The quantitative estimate of drug-likeness (QED) is 0.898. The second-order valence-corrected chi connectivity index (χ2v) is 5.59. The average Bonchev–Trinajstić information content (AvgIpc) is 3.27. The SMILES string of the molecule is CCc1cc2c(cc1C(CC(=O)O)C1CC1)OCCO2. The summed E-state index contributed by atoms with van der Waals surface area (Å²) in [7, 11) is 0. The van der Waals surface area contributed by atoms with Gasteiger partial charge in [-0.1, -0.05) is 6.92 Å². The Kier molecular flexibility index (Phi) is 3.55. The van der Waals surface area contributed by atoms with E-state index in [4.69, 9.17) is 14.6 Å². The van der Waals surface area contributed by atoms with Crippen molar-refractivity contribution in [2.75, 3.05) is 13.2 Å². The smallest absolute Gasteiger partial charge is 0.303 e. The molecule has 4 nitrogen and oxygen atoms in total. The molecule has 1 unspecified atom stereocenters. The van der Waals surface area contributed by atoms with Crippen molar-refractivity contribution in [1.82, 2.24) is 0 Å². The Morgan fingerprint density at radius 3 is 2.50 bits per heavy atom. The van der Waals surface area contributed by atoms with Crippen LogP contribution in [0.5, 0.6) is 11.5 Å². The number of rotatable bonds is 5. The molecule has 1 aliphatic carbocycles. The molecule has 1 atom stereocenters. The Bertz CT molecular complexity index is 519. The standard InChI is InChI=1S/C16H20O4/c1-2-10-7-14-15(20-6-5-19-14)8-12(10)13(9-16(17)18)11-3-4-11/h7-8,11,13H,2-6,9H2,1H3,(H,17,18). The highest BCUT2D eigenvalue weighted by molar-refractivity contribution is 5.68. The van der Waals surface area contributed by atoms with E-state index in [1.54, 1.807) is 0 Å². The average molecular weight is 276 g/mol. The monoisotopic (exact) mass is 276 g/mol. The number of benzene rings is 1. The summed E-state index contributed by atoms with van der Waals surface area (Å²) in [6, 6.07) is 4.04. The molecule has 0 bridgehead atoms. The summed E-state index contributed by atoms with van der Waals surface area (Å²) in [4.78, 5) is 11.1. The van der Waals surface area contributed by atoms with Gasteiger partial charge in [0.05, 0.1) is 6.42 Å². The molecule has 108 valence electrons. The lowest BCUT2D eigenvalue weighted by atomic mass is 9.86. The largest absolute Gasteiger partial charge is 0.486 e. The molecule has 1 aliphatic heterocycles. The molecule has 1 fully saturated rings. The zero-order chi connectivity index (χ0) is 14.1. The Hall–Kier alpha value is -1.71. The number of aryl methyl sites for hydroxylation is 1. The Labute approximate surface area is 118 Å². The number of ether oxygens (including phenoxy) is 2. The van der Waals surface area contributed by atoms with Gasteiger partial charge >= 0.3 is 5.97 Å². The van der Waals surface area contributed by atoms with Crippen LogP contribution in [0, 0.1) is 5.92 Å². The van der Waals surface area contributed by atoms with Crippen molar-refractivity contribution in [3.8, 4) is 11.5 Å². The summed E-state index contributed by atoms with van der Waals surface area (Å²) in [5.41, 5.74) is 2.33. The number of hydrogen-bond donors (Lipinski definition) is 1. The van der Waals surface area contributed by atoms with Gasteiger partial charge in [-0.25, -0.2) is 0 Å². The molecule has 2 aliphatic rings. The molecule has 0 spiro atoms. The molecule has 4 heteroatoms. The third-order valence-corrected chi connectivity index (χ3v) is 4.17. The van der Waals surface area contributed by atoms with Gasteiger partial charge in [0.1, 0.15) is 13.2 Å². The lowest BCUT2D eigenvalue weighted by molar-refractivity contribution is -0.137. The van der Waals surface area contributed by atoms with Crippen LogP contribution in [-0.2, 0) is 11.2 Å². The summed E-state index contributed by atoms with van der Waals surface area (Å²) in [6.45, 7) is 3.24. The molecule has 0 saturated heterocycles. The second-order valence-electron chi connectivity index (χ2n) is 5.59. The van der Waals surface area contributed by atoms with Gasteiger partial charge in [-0.3, -0.25) is 4.79 Å². The van der Waals surface area contributed by atoms with Crippen LogP contribution in [0.15, 0.2) is 12.1 Å². The first-order valence-electron chi connectivity index (χ1n) is 7.33. The predicted octanol–water partition coefficient (Wildman–Crippen LogP) is 2.99. The minimum Gasteiger partial charge on any atom is -0.486 e. The van der Waals surface area contributed by atoms with E-state index in [-0.39, 0.29) is 12.3 Å². The number of hydrogen-bond acceptors (Lipinski definition) is 3. The summed E-state index contributed by atoms with van der Waals surface area (Å²) in [5, 5.41) is 9.17. The molecular formula is C16H20O4. The first kappa shape index (κ1) is 13.3. The van der Waals surface area contributed by atoms with Crippen molar-refractivity contribution in [3.05, 3.63) is 23.3 Å². The number of carboxylic acid groups (broad SMARTS) is 1. The normalized spacial score (nSPS) is 18.6. The Morgan fingerprint density at radius 1 is 1.30 bits per heavy atom. The molecule has 0 amide bonds. The highest BCUT2D eigenvalue weighted by Gasteiger charge is 2.35. The third kappa shape index (κ3) is 2.60. The third-order valence-electron chi connectivity index (χ3n) is 4.17. The van der Waals surface area contributed by atoms with Crippen molar-refractivity contribution in [3.63, 3.8) is 0 Å². The number of carbonyl (C=O) groups is 1. The van der Waals surface area contributed by atoms with Gasteiger partial charge in [-0.2, -0.15) is 0 Å². The highest BCUT2D eigenvalue weighted by Crippen LogP contribution is 2.47. The Balaban J connectivity index is 1.98. The number of aliphatic carboxylic acids is 1. The fraction of sp³-hybridized carbons (Fsp3) is 0.562. The van der Waals surface area contributed by atoms with Crippen molar-refractivity contribution >= 4 is 5.97 Å². The molecule has 0 radical (unpaired) electrons.